The van der Waals surface area contributed by atoms with Crippen molar-refractivity contribution in [1.29, 1.82) is 0 Å². The maximum atomic E-state index is 10.7. The van der Waals surface area contributed by atoms with Gasteiger partial charge >= 0.3 is 5.97 Å². The van der Waals surface area contributed by atoms with Crippen LogP contribution in [0.15, 0.2) is 0 Å². The van der Waals surface area contributed by atoms with Gasteiger partial charge in [0.2, 0.25) is 0 Å². The number of aliphatic carboxylic acids is 1. The Hall–Kier alpha value is -1.39. The van der Waals surface area contributed by atoms with E-state index in [1.54, 1.807) is 0 Å². The van der Waals surface area contributed by atoms with Crippen molar-refractivity contribution in [3.05, 3.63) is 11.6 Å². The topological polar surface area (TPSA) is 68.0 Å². The second-order valence-electron chi connectivity index (χ2n) is 3.92. The van der Waals surface area contributed by atoms with Crippen LogP contribution in [0.25, 0.3) is 0 Å². The highest BCUT2D eigenvalue weighted by atomic mass is 16.4. The molecule has 1 aliphatic heterocycles. The highest BCUT2D eigenvalue weighted by Gasteiger charge is 2.26. The molecule has 1 aromatic rings. The van der Waals surface area contributed by atoms with Crippen LogP contribution < -0.4 is 0 Å². The number of hydrogen-bond acceptors (Lipinski definition) is 3. The molecule has 0 bridgehead atoms. The molecular formula is C10H15N3O2. The number of carboxylic acids is 1. The first kappa shape index (κ1) is 10.1. The summed E-state index contributed by atoms with van der Waals surface area (Å²) in [5.41, 5.74) is 0. The molecule has 1 N–H and O–H groups in total. The summed E-state index contributed by atoms with van der Waals surface area (Å²) in [7, 11) is 0. The van der Waals surface area contributed by atoms with Crippen LogP contribution in [0, 0.1) is 0 Å². The molecule has 2 rings (SSSR count). The van der Waals surface area contributed by atoms with Crippen LogP contribution in [0.4, 0.5) is 0 Å². The standard InChI is InChI=1S/C10H15N3O2/c1-2-8-11-12-10-7(6-9(14)15)4-3-5-13(8)10/h7H,2-6H2,1H3,(H,14,15). The van der Waals surface area contributed by atoms with E-state index in [-0.39, 0.29) is 12.3 Å². The zero-order chi connectivity index (χ0) is 10.8. The van der Waals surface area contributed by atoms with Crippen LogP contribution in [-0.2, 0) is 17.8 Å². The third-order valence-electron chi connectivity index (χ3n) is 2.89. The Morgan fingerprint density at radius 3 is 3.07 bits per heavy atom. The first-order valence-corrected chi connectivity index (χ1v) is 5.36. The van der Waals surface area contributed by atoms with Gasteiger partial charge in [-0.2, -0.15) is 0 Å². The Labute approximate surface area is 88.1 Å². The van der Waals surface area contributed by atoms with Crippen molar-refractivity contribution < 1.29 is 9.90 Å². The Kier molecular flexibility index (Phi) is 2.70. The van der Waals surface area contributed by atoms with Gasteiger partial charge in [-0.25, -0.2) is 0 Å². The summed E-state index contributed by atoms with van der Waals surface area (Å²) in [6.45, 7) is 2.97. The highest BCUT2D eigenvalue weighted by molar-refractivity contribution is 5.67. The van der Waals surface area contributed by atoms with Crippen molar-refractivity contribution in [2.75, 3.05) is 0 Å². The van der Waals surface area contributed by atoms with Gasteiger partial charge in [-0.05, 0) is 12.8 Å². The Morgan fingerprint density at radius 1 is 1.60 bits per heavy atom. The van der Waals surface area contributed by atoms with Gasteiger partial charge in [0.05, 0.1) is 6.42 Å². The summed E-state index contributed by atoms with van der Waals surface area (Å²) in [5.74, 6) is 1.12. The molecule has 2 heterocycles. The van der Waals surface area contributed by atoms with Gasteiger partial charge in [-0.15, -0.1) is 10.2 Å². The van der Waals surface area contributed by atoms with Crippen LogP contribution in [0.1, 0.15) is 43.8 Å². The van der Waals surface area contributed by atoms with Gasteiger partial charge < -0.3 is 9.67 Å². The largest absolute Gasteiger partial charge is 0.481 e. The van der Waals surface area contributed by atoms with E-state index in [1.165, 1.54) is 0 Å². The van der Waals surface area contributed by atoms with Gasteiger partial charge in [0.1, 0.15) is 11.6 Å². The minimum Gasteiger partial charge on any atom is -0.481 e. The number of rotatable bonds is 3. The monoisotopic (exact) mass is 209 g/mol. The molecule has 5 nitrogen and oxygen atoms in total. The van der Waals surface area contributed by atoms with Crippen LogP contribution in [-0.4, -0.2) is 25.8 Å². The summed E-state index contributed by atoms with van der Waals surface area (Å²) < 4.78 is 2.08. The molecular weight excluding hydrogens is 194 g/mol. The zero-order valence-electron chi connectivity index (χ0n) is 8.81. The minimum absolute atomic E-state index is 0.0454. The van der Waals surface area contributed by atoms with E-state index in [9.17, 15) is 4.79 Å². The lowest BCUT2D eigenvalue weighted by Gasteiger charge is -2.22. The first-order chi connectivity index (χ1) is 7.22. The van der Waals surface area contributed by atoms with Crippen molar-refractivity contribution >= 4 is 5.97 Å². The predicted octanol–water partition coefficient (Wildman–Crippen LogP) is 1.19. The number of aryl methyl sites for hydroxylation is 1. The summed E-state index contributed by atoms with van der Waals surface area (Å²) in [5, 5.41) is 17.0. The predicted molar refractivity (Wildman–Crippen MR) is 53.6 cm³/mol. The van der Waals surface area contributed by atoms with Crippen LogP contribution in [0.3, 0.4) is 0 Å². The van der Waals surface area contributed by atoms with E-state index in [4.69, 9.17) is 5.11 Å². The van der Waals surface area contributed by atoms with Crippen LogP contribution in [0.5, 0.6) is 0 Å². The van der Waals surface area contributed by atoms with Crippen LogP contribution >= 0.6 is 0 Å². The van der Waals surface area contributed by atoms with Gasteiger partial charge in [0.15, 0.2) is 0 Å². The molecule has 15 heavy (non-hydrogen) atoms. The van der Waals surface area contributed by atoms with E-state index < -0.39 is 5.97 Å². The molecule has 0 aromatic carbocycles. The average Bonchev–Trinajstić information content (AvgIpc) is 2.61. The third kappa shape index (κ3) is 1.86. The molecule has 0 fully saturated rings. The second-order valence-corrected chi connectivity index (χ2v) is 3.92. The number of carbonyl (C=O) groups is 1. The normalized spacial score (nSPS) is 19.9. The number of hydrogen-bond donors (Lipinski definition) is 1. The number of aromatic nitrogens is 3. The molecule has 0 aliphatic carbocycles. The zero-order valence-corrected chi connectivity index (χ0v) is 8.81. The molecule has 1 atom stereocenters. The first-order valence-electron chi connectivity index (χ1n) is 5.36. The number of fused-ring (bicyclic) bond motifs is 1. The van der Waals surface area contributed by atoms with Gasteiger partial charge in [-0.1, -0.05) is 6.92 Å². The van der Waals surface area contributed by atoms with Crippen molar-refractivity contribution in [2.24, 2.45) is 0 Å². The molecule has 0 amide bonds. The van der Waals surface area contributed by atoms with Gasteiger partial charge in [0, 0.05) is 18.9 Å². The van der Waals surface area contributed by atoms with Crippen molar-refractivity contribution in [3.8, 4) is 0 Å². The molecule has 1 aromatic heterocycles. The molecule has 1 unspecified atom stereocenters. The maximum absolute atomic E-state index is 10.7. The van der Waals surface area contributed by atoms with Crippen molar-refractivity contribution in [3.63, 3.8) is 0 Å². The maximum Gasteiger partial charge on any atom is 0.304 e. The van der Waals surface area contributed by atoms with E-state index >= 15 is 0 Å². The third-order valence-corrected chi connectivity index (χ3v) is 2.89. The SMILES string of the molecule is CCc1nnc2n1CCCC2CC(=O)O. The summed E-state index contributed by atoms with van der Waals surface area (Å²) in [6.07, 6.45) is 2.96. The quantitative estimate of drug-likeness (QED) is 0.812. The van der Waals surface area contributed by atoms with E-state index in [2.05, 4.69) is 14.8 Å². The minimum atomic E-state index is -0.755. The van der Waals surface area contributed by atoms with Gasteiger partial charge in [0.25, 0.3) is 0 Å². The lowest BCUT2D eigenvalue weighted by Crippen LogP contribution is -2.19. The molecule has 82 valence electrons. The lowest BCUT2D eigenvalue weighted by atomic mass is 9.95. The number of nitrogens with zero attached hydrogens (tertiary/aromatic N) is 3. The molecule has 5 heteroatoms. The summed E-state index contributed by atoms with van der Waals surface area (Å²) in [4.78, 5) is 10.7. The Bertz CT molecular complexity index is 373. The van der Waals surface area contributed by atoms with Gasteiger partial charge in [-0.3, -0.25) is 4.79 Å². The van der Waals surface area contributed by atoms with E-state index in [0.29, 0.717) is 0 Å². The average molecular weight is 209 g/mol. The summed E-state index contributed by atoms with van der Waals surface area (Å²) in [6, 6.07) is 0. The smallest absolute Gasteiger partial charge is 0.304 e. The summed E-state index contributed by atoms with van der Waals surface area (Å²) >= 11 is 0. The molecule has 0 saturated carbocycles. The lowest BCUT2D eigenvalue weighted by molar-refractivity contribution is -0.137. The Morgan fingerprint density at radius 2 is 2.40 bits per heavy atom. The highest BCUT2D eigenvalue weighted by Crippen LogP contribution is 2.29. The number of carboxylic acid groups (broad SMARTS) is 1. The van der Waals surface area contributed by atoms with Crippen LogP contribution in [0.2, 0.25) is 0 Å². The van der Waals surface area contributed by atoms with E-state index in [0.717, 1.165) is 37.5 Å². The van der Waals surface area contributed by atoms with E-state index in [1.807, 2.05) is 6.92 Å². The molecule has 0 radical (unpaired) electrons. The fourth-order valence-corrected chi connectivity index (χ4v) is 2.19. The Balaban J connectivity index is 2.26. The molecule has 0 saturated heterocycles. The fourth-order valence-electron chi connectivity index (χ4n) is 2.19. The molecule has 1 aliphatic rings. The molecule has 0 spiro atoms. The fraction of sp³-hybridized carbons (Fsp3) is 0.700. The van der Waals surface area contributed by atoms with Crippen molar-refractivity contribution in [1.82, 2.24) is 14.8 Å². The second kappa shape index (κ2) is 4.00. The van der Waals surface area contributed by atoms with Crippen molar-refractivity contribution in [2.45, 2.75) is 45.1 Å².